The van der Waals surface area contributed by atoms with E-state index in [0.29, 0.717) is 5.56 Å². The first-order valence-electron chi connectivity index (χ1n) is 14.2. The van der Waals surface area contributed by atoms with Crippen molar-refractivity contribution in [2.45, 2.75) is 19.3 Å². The molecule has 0 atom stereocenters. The van der Waals surface area contributed by atoms with Gasteiger partial charge in [0.25, 0.3) is 0 Å². The topological polar surface area (TPSA) is 23.8 Å². The van der Waals surface area contributed by atoms with E-state index in [9.17, 15) is 5.26 Å². The van der Waals surface area contributed by atoms with Gasteiger partial charge in [-0.15, -0.1) is 0 Å². The molecule has 0 heterocycles. The van der Waals surface area contributed by atoms with E-state index in [2.05, 4.69) is 135 Å². The second-order valence-corrected chi connectivity index (χ2v) is 11.6. The summed E-state index contributed by atoms with van der Waals surface area (Å²) in [4.78, 5) is 0. The van der Waals surface area contributed by atoms with Gasteiger partial charge in [-0.25, -0.2) is 0 Å². The van der Waals surface area contributed by atoms with E-state index in [4.69, 9.17) is 0 Å². The van der Waals surface area contributed by atoms with E-state index in [1.54, 1.807) is 0 Å². The van der Waals surface area contributed by atoms with Gasteiger partial charge in [0, 0.05) is 10.8 Å². The lowest BCUT2D eigenvalue weighted by Gasteiger charge is -2.23. The first kappa shape index (κ1) is 23.7. The molecule has 0 N–H and O–H groups in total. The quantitative estimate of drug-likeness (QED) is 0.208. The van der Waals surface area contributed by atoms with E-state index in [0.717, 1.165) is 16.3 Å². The molecule has 0 saturated heterocycles. The number of hydrogen-bond acceptors (Lipinski definition) is 1. The third kappa shape index (κ3) is 3.28. The fourth-order valence-electron chi connectivity index (χ4n) is 7.20. The van der Waals surface area contributed by atoms with Crippen LogP contribution >= 0.6 is 0 Å². The molecule has 8 rings (SSSR count). The maximum absolute atomic E-state index is 9.81. The van der Waals surface area contributed by atoms with Crippen molar-refractivity contribution in [2.75, 3.05) is 0 Å². The van der Waals surface area contributed by atoms with Crippen molar-refractivity contribution in [3.8, 4) is 39.4 Å². The zero-order valence-electron chi connectivity index (χ0n) is 23.1. The van der Waals surface area contributed by atoms with E-state index < -0.39 is 0 Å². The smallest absolute Gasteiger partial charge is 0.0998 e. The van der Waals surface area contributed by atoms with Gasteiger partial charge in [-0.1, -0.05) is 129 Å². The average Bonchev–Trinajstić information content (AvgIpc) is 3.25. The molecular formula is C40H27N. The third-order valence-corrected chi connectivity index (χ3v) is 9.12. The Morgan fingerprint density at radius 3 is 1.63 bits per heavy atom. The van der Waals surface area contributed by atoms with Gasteiger partial charge in [0.1, 0.15) is 0 Å². The molecule has 7 aromatic rings. The molecule has 192 valence electrons. The fourth-order valence-corrected chi connectivity index (χ4v) is 7.20. The van der Waals surface area contributed by atoms with Gasteiger partial charge in [-0.2, -0.15) is 5.26 Å². The van der Waals surface area contributed by atoms with Crippen LogP contribution in [0.2, 0.25) is 0 Å². The Kier molecular flexibility index (Phi) is 5.00. The van der Waals surface area contributed by atoms with Gasteiger partial charge in [0.15, 0.2) is 0 Å². The van der Waals surface area contributed by atoms with Crippen LogP contribution in [-0.4, -0.2) is 0 Å². The minimum Gasteiger partial charge on any atom is -0.192 e. The second kappa shape index (κ2) is 8.65. The van der Waals surface area contributed by atoms with Crippen molar-refractivity contribution in [2.24, 2.45) is 0 Å². The summed E-state index contributed by atoms with van der Waals surface area (Å²) in [5.74, 6) is 0. The molecule has 1 aliphatic rings. The van der Waals surface area contributed by atoms with Gasteiger partial charge in [0.05, 0.1) is 11.6 Å². The van der Waals surface area contributed by atoms with Crippen LogP contribution in [0.15, 0.2) is 127 Å². The predicted octanol–water partition coefficient (Wildman–Crippen LogP) is 10.7. The van der Waals surface area contributed by atoms with Crippen molar-refractivity contribution in [1.82, 2.24) is 0 Å². The summed E-state index contributed by atoms with van der Waals surface area (Å²) in [5, 5.41) is 16.8. The monoisotopic (exact) mass is 521 g/mol. The second-order valence-electron chi connectivity index (χ2n) is 11.6. The number of rotatable bonds is 2. The van der Waals surface area contributed by atoms with Crippen molar-refractivity contribution in [3.05, 3.63) is 144 Å². The summed E-state index contributed by atoms with van der Waals surface area (Å²) < 4.78 is 0. The maximum Gasteiger partial charge on any atom is 0.0998 e. The first-order chi connectivity index (χ1) is 20.1. The molecule has 0 saturated carbocycles. The highest BCUT2D eigenvalue weighted by Gasteiger charge is 2.35. The van der Waals surface area contributed by atoms with Crippen LogP contribution in [0.4, 0.5) is 0 Å². The van der Waals surface area contributed by atoms with E-state index in [1.807, 2.05) is 12.1 Å². The summed E-state index contributed by atoms with van der Waals surface area (Å²) >= 11 is 0. The molecule has 0 aromatic heterocycles. The molecule has 7 aromatic carbocycles. The molecule has 1 heteroatoms. The zero-order valence-corrected chi connectivity index (χ0v) is 23.1. The summed E-state index contributed by atoms with van der Waals surface area (Å²) in [7, 11) is 0. The zero-order chi connectivity index (χ0) is 27.7. The molecule has 0 spiro atoms. The van der Waals surface area contributed by atoms with Crippen LogP contribution in [0.25, 0.3) is 65.7 Å². The Bertz CT molecular complexity index is 2190. The highest BCUT2D eigenvalue weighted by molar-refractivity contribution is 6.23. The fraction of sp³-hybridized carbons (Fsp3) is 0.0750. The Balaban J connectivity index is 1.47. The van der Waals surface area contributed by atoms with Crippen molar-refractivity contribution >= 4 is 32.3 Å². The van der Waals surface area contributed by atoms with Crippen molar-refractivity contribution in [1.29, 1.82) is 5.26 Å². The number of benzene rings is 7. The average molecular weight is 522 g/mol. The number of nitriles is 1. The predicted molar refractivity (Wildman–Crippen MR) is 172 cm³/mol. The van der Waals surface area contributed by atoms with Crippen LogP contribution in [0.1, 0.15) is 30.5 Å². The Morgan fingerprint density at radius 1 is 0.463 bits per heavy atom. The van der Waals surface area contributed by atoms with Crippen LogP contribution in [0, 0.1) is 11.3 Å². The summed E-state index contributed by atoms with van der Waals surface area (Å²) in [6.07, 6.45) is 0. The van der Waals surface area contributed by atoms with Crippen molar-refractivity contribution in [3.63, 3.8) is 0 Å². The van der Waals surface area contributed by atoms with E-state index in [1.165, 1.54) is 60.5 Å². The molecule has 0 unspecified atom stereocenters. The molecule has 1 nitrogen and oxygen atoms in total. The summed E-state index contributed by atoms with van der Waals surface area (Å²) in [5.41, 5.74) is 11.0. The normalized spacial score (nSPS) is 13.3. The maximum atomic E-state index is 9.81. The lowest BCUT2D eigenvalue weighted by molar-refractivity contribution is 0.660. The molecule has 0 bridgehead atoms. The minimum absolute atomic E-state index is 0.0606. The minimum atomic E-state index is -0.0606. The van der Waals surface area contributed by atoms with Crippen LogP contribution < -0.4 is 0 Å². The lowest BCUT2D eigenvalue weighted by atomic mass is 9.80. The van der Waals surface area contributed by atoms with E-state index >= 15 is 0 Å². The number of hydrogen-bond donors (Lipinski definition) is 0. The SMILES string of the molecule is CC1(C)c2ccccc2-c2ccc(-c3c4ccccc4c(-c4ccc(C#N)c5ccccc45)c4ccccc34)cc21. The molecule has 1 aliphatic carbocycles. The van der Waals surface area contributed by atoms with Crippen LogP contribution in [0.3, 0.4) is 0 Å². The van der Waals surface area contributed by atoms with Gasteiger partial charge in [-0.05, 0) is 83.6 Å². The lowest BCUT2D eigenvalue weighted by Crippen LogP contribution is -2.14. The molecule has 41 heavy (non-hydrogen) atoms. The highest BCUT2D eigenvalue weighted by atomic mass is 14.4. The Labute approximate surface area is 239 Å². The van der Waals surface area contributed by atoms with Crippen LogP contribution in [0.5, 0.6) is 0 Å². The number of nitrogens with zero attached hydrogens (tertiary/aromatic N) is 1. The van der Waals surface area contributed by atoms with Gasteiger partial charge >= 0.3 is 0 Å². The summed E-state index contributed by atoms with van der Waals surface area (Å²) in [6, 6.07) is 48.2. The first-order valence-corrected chi connectivity index (χ1v) is 14.2. The molecule has 0 amide bonds. The molecule has 0 radical (unpaired) electrons. The number of fused-ring (bicyclic) bond motifs is 6. The van der Waals surface area contributed by atoms with Gasteiger partial charge in [-0.3, -0.25) is 0 Å². The molecular weight excluding hydrogens is 494 g/mol. The van der Waals surface area contributed by atoms with Gasteiger partial charge < -0.3 is 0 Å². The van der Waals surface area contributed by atoms with Gasteiger partial charge in [0.2, 0.25) is 0 Å². The third-order valence-electron chi connectivity index (χ3n) is 9.12. The highest BCUT2D eigenvalue weighted by Crippen LogP contribution is 2.51. The Morgan fingerprint density at radius 2 is 0.976 bits per heavy atom. The van der Waals surface area contributed by atoms with Crippen molar-refractivity contribution < 1.29 is 0 Å². The van der Waals surface area contributed by atoms with E-state index in [-0.39, 0.29) is 5.41 Å². The largest absolute Gasteiger partial charge is 0.192 e. The Hall–Kier alpha value is -5.19. The van der Waals surface area contributed by atoms with Crippen LogP contribution in [-0.2, 0) is 5.41 Å². The molecule has 0 fully saturated rings. The standard InChI is InChI=1S/C40H27N/c1-40(2)36-18-10-9-13-29(36)30-21-19-25(23-37(30)40)38-31-14-5-7-16-33(31)39(34-17-8-6-15-32(34)38)35-22-20-26(24-41)27-11-3-4-12-28(27)35/h3-23H,1-2H3. The molecule has 0 aliphatic heterocycles. The summed E-state index contributed by atoms with van der Waals surface area (Å²) in [6.45, 7) is 4.69.